The van der Waals surface area contributed by atoms with Crippen LogP contribution in [0, 0.1) is 0 Å². The Hall–Kier alpha value is -3.01. The van der Waals surface area contributed by atoms with Crippen molar-refractivity contribution >= 4 is 27.8 Å². The Morgan fingerprint density at radius 3 is 2.69 bits per heavy atom. The average molecular weight is 346 g/mol. The number of aryl methyl sites for hydroxylation is 1. The first-order valence-corrected chi connectivity index (χ1v) is 8.81. The van der Waals surface area contributed by atoms with E-state index in [2.05, 4.69) is 16.7 Å². The number of para-hydroxylation sites is 2. The molecule has 2 heterocycles. The van der Waals surface area contributed by atoms with Gasteiger partial charge in [-0.2, -0.15) is 0 Å². The van der Waals surface area contributed by atoms with Gasteiger partial charge in [-0.1, -0.05) is 36.4 Å². The molecule has 2 aromatic carbocycles. The van der Waals surface area contributed by atoms with E-state index in [1.54, 1.807) is 4.90 Å². The van der Waals surface area contributed by atoms with E-state index in [1.165, 1.54) is 0 Å². The summed E-state index contributed by atoms with van der Waals surface area (Å²) < 4.78 is 8.00. The summed E-state index contributed by atoms with van der Waals surface area (Å²) in [5, 5.41) is 2.19. The molecular weight excluding hydrogens is 324 g/mol. The van der Waals surface area contributed by atoms with Gasteiger partial charge in [0.25, 0.3) is 0 Å². The number of likely N-dealkylation sites (N-methyl/N-ethyl adjacent to an activating group) is 1. The number of fused-ring (bicyclic) bond motifs is 2. The van der Waals surface area contributed by atoms with E-state index in [4.69, 9.17) is 4.42 Å². The van der Waals surface area contributed by atoms with Gasteiger partial charge in [0.1, 0.15) is 11.3 Å². The van der Waals surface area contributed by atoms with Crippen LogP contribution in [-0.4, -0.2) is 22.4 Å². The second kappa shape index (κ2) is 6.37. The van der Waals surface area contributed by atoms with Gasteiger partial charge in [0.15, 0.2) is 0 Å². The molecule has 0 radical (unpaired) electrons. The number of hydrogen-bond donors (Lipinski definition) is 0. The molecule has 0 aliphatic rings. The second-order valence-electron chi connectivity index (χ2n) is 6.83. The summed E-state index contributed by atoms with van der Waals surface area (Å²) in [6, 6.07) is 18.0. The minimum Gasteiger partial charge on any atom is -0.459 e. The molecule has 0 aliphatic carbocycles. The van der Waals surface area contributed by atoms with Crippen molar-refractivity contribution in [3.63, 3.8) is 0 Å². The Balaban J connectivity index is 1.57. The maximum absolute atomic E-state index is 12.9. The lowest BCUT2D eigenvalue weighted by molar-refractivity contribution is -0.131. The Morgan fingerprint density at radius 1 is 1.15 bits per heavy atom. The highest BCUT2D eigenvalue weighted by atomic mass is 16.3. The van der Waals surface area contributed by atoms with Crippen LogP contribution in [0.15, 0.2) is 65.2 Å². The van der Waals surface area contributed by atoms with E-state index in [0.717, 1.165) is 33.2 Å². The molecule has 0 saturated carbocycles. The van der Waals surface area contributed by atoms with Gasteiger partial charge >= 0.3 is 0 Å². The monoisotopic (exact) mass is 346 g/mol. The first-order chi connectivity index (χ1) is 12.5. The standard InChI is InChI=1S/C22H22N2O2/c1-15(21-12-16-8-4-7-11-20(16)26-21)24(3)22(25)13-17-14-23(2)19-10-6-5-9-18(17)19/h4-12,14-15H,13H2,1-3H3/t15-/m0/s1. The second-order valence-corrected chi connectivity index (χ2v) is 6.83. The molecule has 132 valence electrons. The zero-order valence-corrected chi connectivity index (χ0v) is 15.3. The van der Waals surface area contributed by atoms with E-state index >= 15 is 0 Å². The summed E-state index contributed by atoms with van der Waals surface area (Å²) >= 11 is 0. The highest BCUT2D eigenvalue weighted by molar-refractivity contribution is 5.89. The Kier molecular flexibility index (Phi) is 4.03. The lowest BCUT2D eigenvalue weighted by atomic mass is 10.1. The molecule has 0 fully saturated rings. The van der Waals surface area contributed by atoms with E-state index < -0.39 is 0 Å². The first-order valence-electron chi connectivity index (χ1n) is 8.81. The lowest BCUT2D eigenvalue weighted by Crippen LogP contribution is -2.30. The number of nitrogens with zero attached hydrogens (tertiary/aromatic N) is 2. The number of rotatable bonds is 4. The smallest absolute Gasteiger partial charge is 0.227 e. The third-order valence-electron chi connectivity index (χ3n) is 5.15. The van der Waals surface area contributed by atoms with Gasteiger partial charge in [0, 0.05) is 36.6 Å². The van der Waals surface area contributed by atoms with Gasteiger partial charge in [-0.05, 0) is 30.7 Å². The van der Waals surface area contributed by atoms with E-state index in [1.807, 2.05) is 69.7 Å². The van der Waals surface area contributed by atoms with Crippen LogP contribution < -0.4 is 0 Å². The molecule has 4 aromatic rings. The van der Waals surface area contributed by atoms with Gasteiger partial charge in [-0.3, -0.25) is 4.79 Å². The molecule has 1 amide bonds. The van der Waals surface area contributed by atoms with Crippen molar-refractivity contribution in [1.29, 1.82) is 0 Å². The number of carbonyl (C=O) groups is 1. The zero-order valence-electron chi connectivity index (χ0n) is 15.3. The van der Waals surface area contributed by atoms with E-state index in [-0.39, 0.29) is 11.9 Å². The number of amides is 1. The summed E-state index contributed by atoms with van der Waals surface area (Å²) in [6.07, 6.45) is 2.42. The fourth-order valence-corrected chi connectivity index (χ4v) is 3.47. The molecule has 0 aliphatic heterocycles. The van der Waals surface area contributed by atoms with Crippen LogP contribution in [0.2, 0.25) is 0 Å². The molecule has 0 bridgehead atoms. The molecule has 4 nitrogen and oxygen atoms in total. The SMILES string of the molecule is C[C@@H](c1cc2ccccc2o1)N(C)C(=O)Cc1cn(C)c2ccccc12. The predicted molar refractivity (Wildman–Crippen MR) is 104 cm³/mol. The number of benzene rings is 2. The third-order valence-corrected chi connectivity index (χ3v) is 5.15. The van der Waals surface area contributed by atoms with Gasteiger partial charge < -0.3 is 13.9 Å². The van der Waals surface area contributed by atoms with Crippen molar-refractivity contribution in [2.45, 2.75) is 19.4 Å². The van der Waals surface area contributed by atoms with Crippen molar-refractivity contribution in [1.82, 2.24) is 9.47 Å². The molecule has 2 aromatic heterocycles. The van der Waals surface area contributed by atoms with Gasteiger partial charge in [0.2, 0.25) is 5.91 Å². The summed E-state index contributed by atoms with van der Waals surface area (Å²) in [5.74, 6) is 0.884. The van der Waals surface area contributed by atoms with Crippen LogP contribution in [0.4, 0.5) is 0 Å². The molecular formula is C22H22N2O2. The minimum absolute atomic E-state index is 0.0781. The van der Waals surface area contributed by atoms with Crippen molar-refractivity contribution < 1.29 is 9.21 Å². The molecule has 4 heteroatoms. The zero-order chi connectivity index (χ0) is 18.3. The summed E-state index contributed by atoms with van der Waals surface area (Å²) in [4.78, 5) is 14.6. The first kappa shape index (κ1) is 16.5. The summed E-state index contributed by atoms with van der Waals surface area (Å²) in [7, 11) is 3.85. The van der Waals surface area contributed by atoms with Crippen LogP contribution in [-0.2, 0) is 18.3 Å². The molecule has 4 rings (SSSR count). The van der Waals surface area contributed by atoms with Crippen LogP contribution in [0.5, 0.6) is 0 Å². The van der Waals surface area contributed by atoms with Gasteiger partial charge in [-0.25, -0.2) is 0 Å². The van der Waals surface area contributed by atoms with Crippen molar-refractivity contribution in [3.05, 3.63) is 72.1 Å². The van der Waals surface area contributed by atoms with Crippen molar-refractivity contribution in [2.24, 2.45) is 7.05 Å². The normalized spacial score (nSPS) is 12.6. The number of aromatic nitrogens is 1. The Morgan fingerprint density at radius 2 is 1.88 bits per heavy atom. The number of furan rings is 1. The van der Waals surface area contributed by atoms with E-state index in [0.29, 0.717) is 6.42 Å². The fraction of sp³-hybridized carbons (Fsp3) is 0.227. The third kappa shape index (κ3) is 2.77. The van der Waals surface area contributed by atoms with Crippen molar-refractivity contribution in [2.75, 3.05) is 7.05 Å². The molecule has 0 spiro atoms. The highest BCUT2D eigenvalue weighted by Crippen LogP contribution is 2.28. The summed E-state index contributed by atoms with van der Waals surface area (Å²) in [5.41, 5.74) is 3.05. The van der Waals surface area contributed by atoms with Gasteiger partial charge in [-0.15, -0.1) is 0 Å². The number of carbonyl (C=O) groups excluding carboxylic acids is 1. The molecule has 0 N–H and O–H groups in total. The minimum atomic E-state index is -0.120. The topological polar surface area (TPSA) is 38.4 Å². The lowest BCUT2D eigenvalue weighted by Gasteiger charge is -2.23. The Bertz CT molecular complexity index is 1060. The number of hydrogen-bond acceptors (Lipinski definition) is 2. The van der Waals surface area contributed by atoms with Crippen LogP contribution >= 0.6 is 0 Å². The average Bonchev–Trinajstić information content (AvgIpc) is 3.22. The summed E-state index contributed by atoms with van der Waals surface area (Å²) in [6.45, 7) is 2.00. The maximum atomic E-state index is 12.9. The van der Waals surface area contributed by atoms with Gasteiger partial charge in [0.05, 0.1) is 12.5 Å². The van der Waals surface area contributed by atoms with Crippen LogP contribution in [0.3, 0.4) is 0 Å². The van der Waals surface area contributed by atoms with Crippen LogP contribution in [0.25, 0.3) is 21.9 Å². The highest BCUT2D eigenvalue weighted by Gasteiger charge is 2.22. The predicted octanol–water partition coefficient (Wildman–Crippen LogP) is 4.69. The molecule has 1 atom stereocenters. The fourth-order valence-electron chi connectivity index (χ4n) is 3.47. The van der Waals surface area contributed by atoms with E-state index in [9.17, 15) is 4.79 Å². The molecule has 0 unspecified atom stereocenters. The van der Waals surface area contributed by atoms with Crippen LogP contribution in [0.1, 0.15) is 24.3 Å². The quantitative estimate of drug-likeness (QED) is 0.538. The Labute approximate surface area is 152 Å². The van der Waals surface area contributed by atoms with Crippen molar-refractivity contribution in [3.8, 4) is 0 Å². The molecule has 26 heavy (non-hydrogen) atoms. The molecule has 0 saturated heterocycles. The maximum Gasteiger partial charge on any atom is 0.227 e. The largest absolute Gasteiger partial charge is 0.459 e.